The SMILES string of the molecule is CCN(CC)CC1Cc2ccccc2N(C(=O)CCc2nc(-c3occ4ccccc34)no2)C1. The highest BCUT2D eigenvalue weighted by Crippen LogP contribution is 2.31. The molecule has 2 aromatic heterocycles. The van der Waals surface area contributed by atoms with Crippen LogP contribution in [0.25, 0.3) is 22.4 Å². The second-order valence-electron chi connectivity index (χ2n) is 8.85. The van der Waals surface area contributed by atoms with Crippen LogP contribution in [0.4, 0.5) is 5.69 Å². The first-order chi connectivity index (χ1) is 16.7. The molecular weight excluding hydrogens is 428 g/mol. The Balaban J connectivity index is 1.28. The second kappa shape index (κ2) is 9.81. The Morgan fingerprint density at radius 1 is 1.12 bits per heavy atom. The number of rotatable bonds is 8. The zero-order valence-electron chi connectivity index (χ0n) is 19.7. The summed E-state index contributed by atoms with van der Waals surface area (Å²) in [6, 6.07) is 16.1. The maximum atomic E-state index is 13.3. The zero-order chi connectivity index (χ0) is 23.5. The molecule has 7 nitrogen and oxygen atoms in total. The van der Waals surface area contributed by atoms with E-state index in [2.05, 4.69) is 41.0 Å². The summed E-state index contributed by atoms with van der Waals surface area (Å²) in [5, 5.41) is 6.02. The average Bonchev–Trinajstić information content (AvgIpc) is 3.52. The fourth-order valence-corrected chi connectivity index (χ4v) is 4.85. The molecule has 5 rings (SSSR count). The van der Waals surface area contributed by atoms with Crippen molar-refractivity contribution in [1.82, 2.24) is 15.0 Å². The van der Waals surface area contributed by atoms with E-state index in [1.807, 2.05) is 41.3 Å². The summed E-state index contributed by atoms with van der Waals surface area (Å²) in [5.74, 6) is 1.93. The van der Waals surface area contributed by atoms with Crippen LogP contribution >= 0.6 is 0 Å². The van der Waals surface area contributed by atoms with Crippen LogP contribution in [-0.4, -0.2) is 47.1 Å². The number of hydrogen-bond acceptors (Lipinski definition) is 6. The Hall–Kier alpha value is -3.45. The summed E-state index contributed by atoms with van der Waals surface area (Å²) in [4.78, 5) is 22.2. The summed E-state index contributed by atoms with van der Waals surface area (Å²) < 4.78 is 11.1. The predicted octanol–water partition coefficient (Wildman–Crippen LogP) is 4.96. The molecule has 0 aliphatic carbocycles. The molecule has 1 amide bonds. The molecule has 2 aromatic carbocycles. The van der Waals surface area contributed by atoms with E-state index in [9.17, 15) is 4.79 Å². The van der Waals surface area contributed by atoms with Crippen LogP contribution in [0.1, 0.15) is 31.7 Å². The number of para-hydroxylation sites is 1. The molecule has 0 saturated heterocycles. The number of hydrogen-bond donors (Lipinski definition) is 0. The van der Waals surface area contributed by atoms with Crippen LogP contribution in [0.3, 0.4) is 0 Å². The van der Waals surface area contributed by atoms with Crippen molar-refractivity contribution >= 4 is 22.4 Å². The van der Waals surface area contributed by atoms with E-state index in [4.69, 9.17) is 8.94 Å². The third-order valence-electron chi connectivity index (χ3n) is 6.68. The lowest BCUT2D eigenvalue weighted by molar-refractivity contribution is -0.118. The lowest BCUT2D eigenvalue weighted by Gasteiger charge is -2.36. The van der Waals surface area contributed by atoms with Gasteiger partial charge in [-0.3, -0.25) is 4.79 Å². The summed E-state index contributed by atoms with van der Waals surface area (Å²) in [6.45, 7) is 8.15. The maximum absolute atomic E-state index is 13.3. The lowest BCUT2D eigenvalue weighted by atomic mass is 9.91. The maximum Gasteiger partial charge on any atom is 0.238 e. The van der Waals surface area contributed by atoms with Gasteiger partial charge in [0.05, 0.1) is 6.26 Å². The molecular formula is C27H30N4O3. The van der Waals surface area contributed by atoms with E-state index in [0.29, 0.717) is 36.2 Å². The number of furan rings is 1. The summed E-state index contributed by atoms with van der Waals surface area (Å²) in [7, 11) is 0. The Morgan fingerprint density at radius 2 is 1.91 bits per heavy atom. The lowest BCUT2D eigenvalue weighted by Crippen LogP contribution is -2.44. The molecule has 0 N–H and O–H groups in total. The fraction of sp³-hybridized carbons (Fsp3) is 0.370. The first-order valence-corrected chi connectivity index (χ1v) is 12.1. The summed E-state index contributed by atoms with van der Waals surface area (Å²) in [6.07, 6.45) is 3.39. The number of fused-ring (bicyclic) bond motifs is 2. The summed E-state index contributed by atoms with van der Waals surface area (Å²) >= 11 is 0. The molecule has 1 aliphatic heterocycles. The van der Waals surface area contributed by atoms with Crippen LogP contribution in [0.5, 0.6) is 0 Å². The number of carbonyl (C=O) groups excluding carboxylic acids is 1. The van der Waals surface area contributed by atoms with Gasteiger partial charge >= 0.3 is 0 Å². The van der Waals surface area contributed by atoms with Crippen molar-refractivity contribution in [3.05, 3.63) is 66.2 Å². The highest BCUT2D eigenvalue weighted by Gasteiger charge is 2.29. The first-order valence-electron chi connectivity index (χ1n) is 12.1. The highest BCUT2D eigenvalue weighted by atomic mass is 16.5. The van der Waals surface area contributed by atoms with Gasteiger partial charge in [-0.25, -0.2) is 0 Å². The van der Waals surface area contributed by atoms with Crippen molar-refractivity contribution in [1.29, 1.82) is 0 Å². The monoisotopic (exact) mass is 458 g/mol. The number of anilines is 1. The van der Waals surface area contributed by atoms with E-state index in [-0.39, 0.29) is 5.91 Å². The quantitative estimate of drug-likeness (QED) is 0.371. The molecule has 0 radical (unpaired) electrons. The van der Waals surface area contributed by atoms with Crippen LogP contribution in [0.2, 0.25) is 0 Å². The van der Waals surface area contributed by atoms with Gasteiger partial charge in [0, 0.05) is 42.4 Å². The van der Waals surface area contributed by atoms with Gasteiger partial charge in [-0.05, 0) is 37.1 Å². The minimum atomic E-state index is 0.0832. The van der Waals surface area contributed by atoms with Crippen LogP contribution in [-0.2, 0) is 17.6 Å². The Kier molecular flexibility index (Phi) is 6.45. The number of carbonyl (C=O) groups is 1. The van der Waals surface area contributed by atoms with Crippen LogP contribution < -0.4 is 4.90 Å². The third kappa shape index (κ3) is 4.48. The van der Waals surface area contributed by atoms with Gasteiger partial charge in [0.15, 0.2) is 5.76 Å². The molecule has 7 heteroatoms. The number of nitrogens with zero attached hydrogens (tertiary/aromatic N) is 4. The molecule has 0 saturated carbocycles. The van der Waals surface area contributed by atoms with E-state index in [1.165, 1.54) is 5.56 Å². The molecule has 1 atom stereocenters. The third-order valence-corrected chi connectivity index (χ3v) is 6.68. The molecule has 1 aliphatic rings. The Bertz CT molecular complexity index is 1270. The van der Waals surface area contributed by atoms with Crippen molar-refractivity contribution in [2.45, 2.75) is 33.1 Å². The van der Waals surface area contributed by atoms with Gasteiger partial charge in [0.25, 0.3) is 0 Å². The van der Waals surface area contributed by atoms with Gasteiger partial charge in [-0.1, -0.05) is 61.5 Å². The Morgan fingerprint density at radius 3 is 2.76 bits per heavy atom. The van der Waals surface area contributed by atoms with Gasteiger partial charge in [0.2, 0.25) is 17.6 Å². The van der Waals surface area contributed by atoms with Crippen LogP contribution in [0, 0.1) is 5.92 Å². The normalized spacial score (nSPS) is 15.7. The zero-order valence-corrected chi connectivity index (χ0v) is 19.7. The average molecular weight is 459 g/mol. The van der Waals surface area contributed by atoms with E-state index < -0.39 is 0 Å². The number of aryl methyl sites for hydroxylation is 1. The number of amides is 1. The van der Waals surface area contributed by atoms with Gasteiger partial charge in [-0.2, -0.15) is 4.98 Å². The number of benzene rings is 2. The van der Waals surface area contributed by atoms with Crippen molar-refractivity contribution < 1.29 is 13.7 Å². The molecule has 34 heavy (non-hydrogen) atoms. The van der Waals surface area contributed by atoms with E-state index >= 15 is 0 Å². The fourth-order valence-electron chi connectivity index (χ4n) is 4.85. The molecule has 176 valence electrons. The molecule has 4 aromatic rings. The molecule has 1 unspecified atom stereocenters. The molecule has 0 fully saturated rings. The molecule has 3 heterocycles. The second-order valence-corrected chi connectivity index (χ2v) is 8.85. The topological polar surface area (TPSA) is 75.6 Å². The standard InChI is InChI=1S/C27H30N4O3/c1-3-30(4-2)16-19-15-20-9-6-8-12-23(20)31(17-19)25(32)14-13-24-28-27(29-34-24)26-22-11-7-5-10-21(22)18-33-26/h5-12,18-19H,3-4,13-17H2,1-2H3. The van der Waals surface area contributed by atoms with Crippen molar-refractivity contribution in [2.75, 3.05) is 31.1 Å². The van der Waals surface area contributed by atoms with E-state index in [0.717, 1.165) is 49.1 Å². The van der Waals surface area contributed by atoms with Gasteiger partial charge < -0.3 is 18.7 Å². The highest BCUT2D eigenvalue weighted by molar-refractivity contribution is 5.95. The minimum absolute atomic E-state index is 0.0832. The van der Waals surface area contributed by atoms with Crippen molar-refractivity contribution in [3.63, 3.8) is 0 Å². The largest absolute Gasteiger partial charge is 0.460 e. The van der Waals surface area contributed by atoms with Crippen LogP contribution in [0.15, 0.2) is 63.7 Å². The van der Waals surface area contributed by atoms with Gasteiger partial charge in [0.1, 0.15) is 0 Å². The Labute approximate surface area is 199 Å². The van der Waals surface area contributed by atoms with Gasteiger partial charge in [-0.15, -0.1) is 0 Å². The molecule has 0 bridgehead atoms. The first kappa shape index (κ1) is 22.3. The molecule has 0 spiro atoms. The van der Waals surface area contributed by atoms with Crippen molar-refractivity contribution in [3.8, 4) is 11.6 Å². The predicted molar refractivity (Wildman–Crippen MR) is 132 cm³/mol. The van der Waals surface area contributed by atoms with E-state index in [1.54, 1.807) is 6.26 Å². The number of aromatic nitrogens is 2. The van der Waals surface area contributed by atoms with Crippen molar-refractivity contribution in [2.24, 2.45) is 5.92 Å². The minimum Gasteiger partial charge on any atom is -0.460 e. The summed E-state index contributed by atoms with van der Waals surface area (Å²) in [5.41, 5.74) is 2.26. The smallest absolute Gasteiger partial charge is 0.238 e.